The van der Waals surface area contributed by atoms with Gasteiger partial charge in [0, 0.05) is 49.7 Å². The van der Waals surface area contributed by atoms with Gasteiger partial charge in [0.25, 0.3) is 0 Å². The Labute approximate surface area is 203 Å². The van der Waals surface area contributed by atoms with Crippen molar-refractivity contribution in [2.24, 2.45) is 0 Å². The van der Waals surface area contributed by atoms with Crippen molar-refractivity contribution in [3.05, 3.63) is 48.7 Å². The molecule has 1 unspecified atom stereocenters. The molecule has 1 saturated heterocycles. The Balaban J connectivity index is 1.47. The standard InChI is InChI=1S/C23H26FN8O2P/c1-30-8-10-31(11-9-30)16-6-7-19(20(13-16)33-2)27-23-28-21-18(14-26-32(21)35-24)22(29-23)34-17-5-3-4-15(25)12-17/h3-7,12-14,35H,8-11,25H2,1-2H3,(H,27,28,29). The van der Waals surface area contributed by atoms with E-state index >= 15 is 0 Å². The Kier molecular flexibility index (Phi) is 6.52. The average Bonchev–Trinajstić information content (AvgIpc) is 3.28. The third kappa shape index (κ3) is 4.91. The highest BCUT2D eigenvalue weighted by molar-refractivity contribution is 7.30. The Morgan fingerprint density at radius 1 is 1.09 bits per heavy atom. The van der Waals surface area contributed by atoms with E-state index in [2.05, 4.69) is 37.2 Å². The number of halogens is 1. The summed E-state index contributed by atoms with van der Waals surface area (Å²) >= 11 is 0. The largest absolute Gasteiger partial charge is 0.494 e. The number of nitrogens with zero attached hydrogens (tertiary/aromatic N) is 6. The SMILES string of the molecule is COc1cc(N2CCN(C)CC2)ccc1Nc1nc(Oc2cccc(N)c2)c2cnn(PF)c2n1. The van der Waals surface area contributed by atoms with Crippen LogP contribution in [-0.4, -0.2) is 64.8 Å². The molecule has 10 nitrogen and oxygen atoms in total. The highest BCUT2D eigenvalue weighted by Crippen LogP contribution is 2.35. The molecule has 1 aliphatic rings. The van der Waals surface area contributed by atoms with Gasteiger partial charge in [-0.2, -0.15) is 19.5 Å². The van der Waals surface area contributed by atoms with E-state index in [4.69, 9.17) is 15.2 Å². The van der Waals surface area contributed by atoms with E-state index in [1.54, 1.807) is 31.4 Å². The average molecular weight is 496 g/mol. The number of fused-ring (bicyclic) bond motifs is 1. The first kappa shape index (κ1) is 23.1. The molecule has 2 aromatic heterocycles. The minimum atomic E-state index is -1.09. The fourth-order valence-corrected chi connectivity index (χ4v) is 4.28. The first-order valence-corrected chi connectivity index (χ1v) is 11.9. The molecule has 0 spiro atoms. The number of benzene rings is 2. The van der Waals surface area contributed by atoms with Gasteiger partial charge in [0.15, 0.2) is 14.7 Å². The normalized spacial score (nSPS) is 14.7. The van der Waals surface area contributed by atoms with Crippen LogP contribution in [0, 0.1) is 0 Å². The number of ether oxygens (including phenoxy) is 2. The molecule has 1 atom stereocenters. The number of anilines is 4. The fourth-order valence-electron chi connectivity index (χ4n) is 3.93. The number of hydrogen-bond donors (Lipinski definition) is 2. The van der Waals surface area contributed by atoms with E-state index in [0.29, 0.717) is 33.9 Å². The van der Waals surface area contributed by atoms with Gasteiger partial charge in [-0.1, -0.05) is 6.07 Å². The fraction of sp³-hybridized carbons (Fsp3) is 0.261. The lowest BCUT2D eigenvalue weighted by Gasteiger charge is -2.34. The zero-order valence-corrected chi connectivity index (χ0v) is 20.4. The van der Waals surface area contributed by atoms with Crippen molar-refractivity contribution in [2.75, 3.05) is 56.3 Å². The quantitative estimate of drug-likeness (QED) is 0.290. The summed E-state index contributed by atoms with van der Waals surface area (Å²) in [6.07, 6.45) is 1.48. The van der Waals surface area contributed by atoms with Crippen LogP contribution in [0.2, 0.25) is 0 Å². The number of piperazine rings is 1. The second kappa shape index (κ2) is 9.89. The summed E-state index contributed by atoms with van der Waals surface area (Å²) < 4.78 is 26.4. The summed E-state index contributed by atoms with van der Waals surface area (Å²) in [6.45, 7) is 3.92. The summed E-state index contributed by atoms with van der Waals surface area (Å²) in [7, 11) is 2.65. The molecule has 1 fully saturated rings. The van der Waals surface area contributed by atoms with Crippen LogP contribution in [0.15, 0.2) is 48.7 Å². The first-order chi connectivity index (χ1) is 17.0. The van der Waals surface area contributed by atoms with E-state index in [1.807, 2.05) is 18.2 Å². The van der Waals surface area contributed by atoms with Gasteiger partial charge < -0.3 is 30.3 Å². The van der Waals surface area contributed by atoms with E-state index in [-0.39, 0.29) is 11.8 Å². The molecule has 3 N–H and O–H groups in total. The number of hydrogen-bond acceptors (Lipinski definition) is 9. The second-order valence-corrected chi connectivity index (χ2v) is 8.80. The maximum Gasteiger partial charge on any atom is 0.235 e. The zero-order chi connectivity index (χ0) is 24.4. The van der Waals surface area contributed by atoms with E-state index < -0.39 is 9.04 Å². The number of likely N-dealkylation sites (N-methyl/N-ethyl adjacent to an activating group) is 1. The van der Waals surface area contributed by atoms with Crippen LogP contribution in [0.4, 0.5) is 27.2 Å². The lowest BCUT2D eigenvalue weighted by molar-refractivity contribution is 0.312. The lowest BCUT2D eigenvalue weighted by Crippen LogP contribution is -2.44. The van der Waals surface area contributed by atoms with Crippen molar-refractivity contribution in [2.45, 2.75) is 0 Å². The van der Waals surface area contributed by atoms with Gasteiger partial charge in [0.05, 0.1) is 19.0 Å². The van der Waals surface area contributed by atoms with E-state index in [0.717, 1.165) is 31.9 Å². The van der Waals surface area contributed by atoms with Crippen LogP contribution in [0.25, 0.3) is 11.0 Å². The number of aromatic nitrogens is 4. The molecular formula is C23H26FN8O2P. The highest BCUT2D eigenvalue weighted by atomic mass is 31.1. The molecule has 0 bridgehead atoms. The Morgan fingerprint density at radius 3 is 2.66 bits per heavy atom. The summed E-state index contributed by atoms with van der Waals surface area (Å²) in [6, 6.07) is 12.9. The van der Waals surface area contributed by atoms with Crippen LogP contribution >= 0.6 is 9.04 Å². The van der Waals surface area contributed by atoms with Gasteiger partial charge >= 0.3 is 0 Å². The molecule has 0 aliphatic carbocycles. The van der Waals surface area contributed by atoms with Crippen LogP contribution in [0.5, 0.6) is 17.4 Å². The topological polar surface area (TPSA) is 107 Å². The van der Waals surface area contributed by atoms with Crippen molar-refractivity contribution in [3.63, 3.8) is 0 Å². The molecular weight excluding hydrogens is 470 g/mol. The monoisotopic (exact) mass is 496 g/mol. The predicted molar refractivity (Wildman–Crippen MR) is 137 cm³/mol. The summed E-state index contributed by atoms with van der Waals surface area (Å²) in [5, 5.41) is 7.75. The Bertz CT molecular complexity index is 1340. The maximum absolute atomic E-state index is 13.6. The third-order valence-electron chi connectivity index (χ3n) is 5.85. The van der Waals surface area contributed by atoms with Gasteiger partial charge in [-0.3, -0.25) is 0 Å². The first-order valence-electron chi connectivity index (χ1n) is 11.1. The van der Waals surface area contributed by atoms with Crippen molar-refractivity contribution >= 4 is 43.1 Å². The Hall–Kier alpha value is -3.69. The molecule has 0 radical (unpaired) electrons. The van der Waals surface area contributed by atoms with Crippen LogP contribution in [0.1, 0.15) is 0 Å². The van der Waals surface area contributed by atoms with Gasteiger partial charge in [0.1, 0.15) is 16.9 Å². The van der Waals surface area contributed by atoms with Crippen LogP contribution in [0.3, 0.4) is 0 Å². The van der Waals surface area contributed by atoms with Gasteiger partial charge in [-0.05, 0) is 31.3 Å². The highest BCUT2D eigenvalue weighted by Gasteiger charge is 2.19. The predicted octanol–water partition coefficient (Wildman–Crippen LogP) is 4.03. The maximum atomic E-state index is 13.6. The molecule has 182 valence electrons. The minimum absolute atomic E-state index is 0.224. The summed E-state index contributed by atoms with van der Waals surface area (Å²) in [4.78, 5) is 13.7. The van der Waals surface area contributed by atoms with Crippen LogP contribution in [-0.2, 0) is 0 Å². The Morgan fingerprint density at radius 2 is 1.91 bits per heavy atom. The van der Waals surface area contributed by atoms with Crippen molar-refractivity contribution in [1.29, 1.82) is 0 Å². The molecule has 3 heterocycles. The van der Waals surface area contributed by atoms with Gasteiger partial charge in [0.2, 0.25) is 11.8 Å². The van der Waals surface area contributed by atoms with Gasteiger partial charge in [-0.25, -0.2) is 4.20 Å². The lowest BCUT2D eigenvalue weighted by atomic mass is 10.2. The second-order valence-electron chi connectivity index (χ2n) is 8.20. The van der Waals surface area contributed by atoms with Crippen molar-refractivity contribution in [1.82, 2.24) is 24.4 Å². The number of nitrogens with one attached hydrogen (secondary N) is 1. The number of nitrogens with two attached hydrogens (primary N) is 1. The number of methoxy groups -OCH3 is 1. The molecule has 12 heteroatoms. The van der Waals surface area contributed by atoms with Crippen LogP contribution < -0.4 is 25.4 Å². The zero-order valence-electron chi connectivity index (χ0n) is 19.4. The third-order valence-corrected chi connectivity index (χ3v) is 6.33. The number of nitrogen functional groups attached to an aromatic ring is 1. The van der Waals surface area contributed by atoms with Crippen molar-refractivity contribution in [3.8, 4) is 17.4 Å². The van der Waals surface area contributed by atoms with Gasteiger partial charge in [-0.15, -0.1) is 0 Å². The minimum Gasteiger partial charge on any atom is -0.494 e. The molecule has 4 aromatic rings. The van der Waals surface area contributed by atoms with Crippen molar-refractivity contribution < 1.29 is 13.7 Å². The summed E-state index contributed by atoms with van der Waals surface area (Å²) in [5.41, 5.74) is 8.50. The smallest absolute Gasteiger partial charge is 0.235 e. The summed E-state index contributed by atoms with van der Waals surface area (Å²) in [5.74, 6) is 1.60. The van der Waals surface area contributed by atoms with E-state index in [1.165, 1.54) is 10.6 Å². The molecule has 1 aliphatic heterocycles. The molecule has 35 heavy (non-hydrogen) atoms. The molecule has 0 amide bonds. The van der Waals surface area contributed by atoms with E-state index in [9.17, 15) is 4.20 Å². The number of rotatable bonds is 7. The molecule has 2 aromatic carbocycles. The molecule has 0 saturated carbocycles. The molecule has 5 rings (SSSR count).